The minimum Gasteiger partial charge on any atom is -0.423 e. The second-order valence-corrected chi connectivity index (χ2v) is 7.45. The lowest BCUT2D eigenvalue weighted by molar-refractivity contribution is 0.0735. The molecule has 0 saturated carbocycles. The van der Waals surface area contributed by atoms with E-state index >= 15 is 0 Å². The van der Waals surface area contributed by atoms with Crippen molar-refractivity contribution in [3.05, 3.63) is 101 Å². The number of ether oxygens (including phenoxy) is 1. The Morgan fingerprint density at radius 3 is 2.07 bits per heavy atom. The maximum Gasteiger partial charge on any atom is 0.343 e. The molecule has 2 nitrogen and oxygen atoms in total. The molecule has 0 spiro atoms. The standard InChI is InChI=1S/C26H26O2/c1-19(2)17-21-9-13-23(14-10-21)20(3)18-22-11-15-24(16-12-22)26(27)28-25-7-5-4-6-8-25/h4-16,18-19H,17H2,1-3H3. The molecule has 0 radical (unpaired) electrons. The van der Waals surface area contributed by atoms with E-state index in [0.29, 0.717) is 17.2 Å². The molecular weight excluding hydrogens is 344 g/mol. The minimum absolute atomic E-state index is 0.348. The van der Waals surface area contributed by atoms with Gasteiger partial charge < -0.3 is 4.74 Å². The molecule has 3 aromatic rings. The van der Waals surface area contributed by atoms with Crippen molar-refractivity contribution in [2.24, 2.45) is 5.92 Å². The summed E-state index contributed by atoms with van der Waals surface area (Å²) < 4.78 is 5.37. The number of para-hydroxylation sites is 1. The van der Waals surface area contributed by atoms with Gasteiger partial charge >= 0.3 is 5.97 Å². The van der Waals surface area contributed by atoms with Crippen LogP contribution in [0, 0.1) is 5.92 Å². The molecule has 3 aromatic carbocycles. The third kappa shape index (κ3) is 5.43. The summed E-state index contributed by atoms with van der Waals surface area (Å²) in [6.07, 6.45) is 3.23. The van der Waals surface area contributed by atoms with Crippen LogP contribution in [0.5, 0.6) is 5.75 Å². The predicted octanol–water partition coefficient (Wildman–Crippen LogP) is 6.66. The van der Waals surface area contributed by atoms with E-state index in [-0.39, 0.29) is 5.97 Å². The number of carbonyl (C=O) groups excluding carboxylic acids is 1. The smallest absolute Gasteiger partial charge is 0.343 e. The molecule has 0 heterocycles. The van der Waals surface area contributed by atoms with Crippen LogP contribution in [0.4, 0.5) is 0 Å². The summed E-state index contributed by atoms with van der Waals surface area (Å²) in [7, 11) is 0. The Labute approximate surface area is 167 Å². The van der Waals surface area contributed by atoms with E-state index in [0.717, 1.165) is 12.0 Å². The molecule has 0 aromatic heterocycles. The third-order valence-corrected chi connectivity index (χ3v) is 4.54. The summed E-state index contributed by atoms with van der Waals surface area (Å²) in [5.41, 5.74) is 5.36. The van der Waals surface area contributed by atoms with E-state index in [1.165, 1.54) is 16.7 Å². The molecular formula is C26H26O2. The van der Waals surface area contributed by atoms with Gasteiger partial charge in [-0.05, 0) is 65.8 Å². The highest BCUT2D eigenvalue weighted by Gasteiger charge is 2.08. The maximum absolute atomic E-state index is 12.2. The molecule has 0 unspecified atom stereocenters. The zero-order chi connectivity index (χ0) is 19.9. The molecule has 0 aliphatic heterocycles. The second kappa shape index (κ2) is 9.18. The molecule has 2 heteroatoms. The minimum atomic E-state index is -0.348. The molecule has 28 heavy (non-hydrogen) atoms. The molecule has 0 aliphatic carbocycles. The van der Waals surface area contributed by atoms with Crippen LogP contribution in [-0.4, -0.2) is 5.97 Å². The highest BCUT2D eigenvalue weighted by molar-refractivity contribution is 5.91. The average Bonchev–Trinajstić information content (AvgIpc) is 2.69. The first-order valence-electron chi connectivity index (χ1n) is 9.66. The first-order valence-corrected chi connectivity index (χ1v) is 9.66. The number of carbonyl (C=O) groups is 1. The predicted molar refractivity (Wildman–Crippen MR) is 116 cm³/mol. The van der Waals surface area contributed by atoms with Crippen molar-refractivity contribution in [2.45, 2.75) is 27.2 Å². The Hall–Kier alpha value is -3.13. The Morgan fingerprint density at radius 1 is 0.857 bits per heavy atom. The molecule has 142 valence electrons. The summed E-state index contributed by atoms with van der Waals surface area (Å²) in [5, 5.41) is 0. The molecule has 0 aliphatic rings. The lowest BCUT2D eigenvalue weighted by Crippen LogP contribution is -2.08. The van der Waals surface area contributed by atoms with Gasteiger partial charge in [0.25, 0.3) is 0 Å². The van der Waals surface area contributed by atoms with Crippen LogP contribution in [0.2, 0.25) is 0 Å². The number of rotatable bonds is 6. The van der Waals surface area contributed by atoms with Gasteiger partial charge in [-0.25, -0.2) is 4.79 Å². The Bertz CT molecular complexity index is 934. The van der Waals surface area contributed by atoms with Gasteiger partial charge in [-0.1, -0.05) is 74.5 Å². The number of esters is 1. The van der Waals surface area contributed by atoms with Crippen LogP contribution in [0.3, 0.4) is 0 Å². The van der Waals surface area contributed by atoms with Crippen LogP contribution in [0.1, 0.15) is 47.8 Å². The highest BCUT2D eigenvalue weighted by Crippen LogP contribution is 2.20. The number of hydrogen-bond acceptors (Lipinski definition) is 2. The zero-order valence-electron chi connectivity index (χ0n) is 16.7. The zero-order valence-corrected chi connectivity index (χ0v) is 16.7. The van der Waals surface area contributed by atoms with E-state index in [9.17, 15) is 4.79 Å². The molecule has 0 fully saturated rings. The van der Waals surface area contributed by atoms with Crippen LogP contribution >= 0.6 is 0 Å². The van der Waals surface area contributed by atoms with Gasteiger partial charge in [0.15, 0.2) is 0 Å². The van der Waals surface area contributed by atoms with E-state index in [2.05, 4.69) is 51.1 Å². The number of allylic oxidation sites excluding steroid dienone is 1. The van der Waals surface area contributed by atoms with Crippen LogP contribution in [0.15, 0.2) is 78.9 Å². The Morgan fingerprint density at radius 2 is 1.46 bits per heavy atom. The van der Waals surface area contributed by atoms with E-state index in [1.807, 2.05) is 30.3 Å². The van der Waals surface area contributed by atoms with Crippen molar-refractivity contribution >= 4 is 17.6 Å². The molecule has 0 atom stereocenters. The topological polar surface area (TPSA) is 26.3 Å². The Balaban J connectivity index is 1.68. The van der Waals surface area contributed by atoms with Gasteiger partial charge in [-0.3, -0.25) is 0 Å². The van der Waals surface area contributed by atoms with Crippen molar-refractivity contribution in [2.75, 3.05) is 0 Å². The lowest BCUT2D eigenvalue weighted by Gasteiger charge is -2.07. The van der Waals surface area contributed by atoms with Crippen LogP contribution in [-0.2, 0) is 6.42 Å². The summed E-state index contributed by atoms with van der Waals surface area (Å²) in [4.78, 5) is 12.2. The van der Waals surface area contributed by atoms with E-state index < -0.39 is 0 Å². The van der Waals surface area contributed by atoms with Crippen molar-refractivity contribution in [1.29, 1.82) is 0 Å². The van der Waals surface area contributed by atoms with Gasteiger partial charge in [0.1, 0.15) is 5.75 Å². The fourth-order valence-electron chi connectivity index (χ4n) is 3.08. The fourth-order valence-corrected chi connectivity index (χ4v) is 3.08. The SMILES string of the molecule is CC(=Cc1ccc(C(=O)Oc2ccccc2)cc1)c1ccc(CC(C)C)cc1. The van der Waals surface area contributed by atoms with Gasteiger partial charge in [0, 0.05) is 0 Å². The second-order valence-electron chi connectivity index (χ2n) is 7.45. The normalized spacial score (nSPS) is 11.5. The lowest BCUT2D eigenvalue weighted by atomic mass is 9.98. The fraction of sp³-hybridized carbons (Fsp3) is 0.192. The summed E-state index contributed by atoms with van der Waals surface area (Å²) in [5.74, 6) is 0.863. The summed E-state index contributed by atoms with van der Waals surface area (Å²) in [6, 6.07) is 25.4. The highest BCUT2D eigenvalue weighted by atomic mass is 16.5. The quantitative estimate of drug-likeness (QED) is 0.275. The molecule has 0 saturated heterocycles. The van der Waals surface area contributed by atoms with Crippen molar-refractivity contribution in [3.8, 4) is 5.75 Å². The number of hydrogen-bond donors (Lipinski definition) is 0. The van der Waals surface area contributed by atoms with Gasteiger partial charge in [0.05, 0.1) is 5.56 Å². The average molecular weight is 370 g/mol. The maximum atomic E-state index is 12.2. The first kappa shape index (κ1) is 19.6. The molecule has 0 N–H and O–H groups in total. The van der Waals surface area contributed by atoms with Crippen LogP contribution in [0.25, 0.3) is 11.6 Å². The molecule has 3 rings (SSSR count). The Kier molecular flexibility index (Phi) is 6.44. The van der Waals surface area contributed by atoms with Crippen molar-refractivity contribution in [3.63, 3.8) is 0 Å². The van der Waals surface area contributed by atoms with E-state index in [1.54, 1.807) is 24.3 Å². The number of benzene rings is 3. The van der Waals surface area contributed by atoms with Crippen LogP contribution < -0.4 is 4.74 Å². The monoisotopic (exact) mass is 370 g/mol. The third-order valence-electron chi connectivity index (χ3n) is 4.54. The summed E-state index contributed by atoms with van der Waals surface area (Å²) >= 11 is 0. The molecule has 0 amide bonds. The summed E-state index contributed by atoms with van der Waals surface area (Å²) in [6.45, 7) is 6.58. The largest absolute Gasteiger partial charge is 0.423 e. The first-order chi connectivity index (χ1) is 13.5. The van der Waals surface area contributed by atoms with E-state index in [4.69, 9.17) is 4.74 Å². The molecule has 0 bridgehead atoms. The van der Waals surface area contributed by atoms with Gasteiger partial charge in [-0.2, -0.15) is 0 Å². The van der Waals surface area contributed by atoms with Gasteiger partial charge in [0.2, 0.25) is 0 Å². The van der Waals surface area contributed by atoms with Crippen molar-refractivity contribution < 1.29 is 9.53 Å². The van der Waals surface area contributed by atoms with Gasteiger partial charge in [-0.15, -0.1) is 0 Å². The van der Waals surface area contributed by atoms with Crippen molar-refractivity contribution in [1.82, 2.24) is 0 Å².